The number of rotatable bonds is 16. The molecule has 3 aromatic rings. The fraction of sp³-hybridized carbons (Fsp3) is 0.550. The number of nitrogens with zero attached hydrogens (tertiary/aromatic N) is 1. The molecule has 0 radical (unpaired) electrons. The van der Waals surface area contributed by atoms with E-state index >= 15 is 0 Å². The Bertz CT molecular complexity index is 1440. The third-order valence-corrected chi connectivity index (χ3v) is 11.6. The van der Waals surface area contributed by atoms with Crippen LogP contribution in [0, 0.1) is 11.8 Å². The number of ether oxygens (including phenoxy) is 2. The third-order valence-electron chi connectivity index (χ3n) is 11.6. The SMILES string of the molecule is C[C@@H](NC[C@H](O)c1ccc(O)c(CO)c1)c1ccc(COCC[N+]23CCC(CC2)[C@@H](OC[C@@](O)(c2ccccc2)C2CCCC2)C3)cc1.[Br-]. The standard InChI is InChI=1S/C40H54N2O6.BrH/c1-29(41-24-38(45)33-15-16-37(44)34(23-33)26-43)31-13-11-30(12-14-31)27-47-22-21-42-19-17-32(18-20-42)39(25-42)48-28-40(46,36-9-5-6-10-36)35-7-3-2-4-8-35;/h2-4,7-8,11-16,23,29,32,36,38-39,41,43,45-46H,5-6,9-10,17-22,24-28H2,1H3;1H/t29-,32?,38+,39+,40-,42?;/m1./s1. The summed E-state index contributed by atoms with van der Waals surface area (Å²) in [6, 6.07) is 23.5. The molecule has 0 aromatic heterocycles. The van der Waals surface area contributed by atoms with Gasteiger partial charge in [-0.15, -0.1) is 0 Å². The first-order valence-corrected chi connectivity index (χ1v) is 18.0. The summed E-state index contributed by atoms with van der Waals surface area (Å²) in [5, 5.41) is 45.2. The highest BCUT2D eigenvalue weighted by Crippen LogP contribution is 2.42. The van der Waals surface area contributed by atoms with Gasteiger partial charge in [0.2, 0.25) is 0 Å². The number of quaternary nitrogens is 1. The number of halogens is 1. The second kappa shape index (κ2) is 17.2. The molecule has 8 nitrogen and oxygen atoms in total. The summed E-state index contributed by atoms with van der Waals surface area (Å²) in [5.74, 6) is 0.873. The minimum absolute atomic E-state index is 0. The summed E-state index contributed by atoms with van der Waals surface area (Å²) in [4.78, 5) is 0. The lowest BCUT2D eigenvalue weighted by atomic mass is 9.80. The lowest BCUT2D eigenvalue weighted by Crippen LogP contribution is -3.00. The number of benzene rings is 3. The van der Waals surface area contributed by atoms with E-state index in [-0.39, 0.29) is 47.4 Å². The van der Waals surface area contributed by atoms with Crippen molar-refractivity contribution in [1.29, 1.82) is 0 Å². The van der Waals surface area contributed by atoms with Crippen molar-refractivity contribution in [3.8, 4) is 5.75 Å². The van der Waals surface area contributed by atoms with E-state index in [2.05, 4.69) is 48.6 Å². The third kappa shape index (κ3) is 9.13. The maximum absolute atomic E-state index is 12.0. The average molecular weight is 740 g/mol. The molecule has 0 unspecified atom stereocenters. The number of aliphatic hydroxyl groups excluding tert-OH is 2. The van der Waals surface area contributed by atoms with E-state index in [1.54, 1.807) is 12.1 Å². The Morgan fingerprint density at radius 2 is 1.63 bits per heavy atom. The molecule has 3 aliphatic heterocycles. The number of hydrogen-bond acceptors (Lipinski definition) is 7. The van der Waals surface area contributed by atoms with Crippen LogP contribution >= 0.6 is 0 Å². The highest BCUT2D eigenvalue weighted by molar-refractivity contribution is 5.36. The van der Waals surface area contributed by atoms with Crippen LogP contribution in [0.3, 0.4) is 0 Å². The monoisotopic (exact) mass is 738 g/mol. The van der Waals surface area contributed by atoms with Crippen LogP contribution in [0.25, 0.3) is 0 Å². The average Bonchev–Trinajstić information content (AvgIpc) is 3.69. The molecule has 1 saturated carbocycles. The van der Waals surface area contributed by atoms with Crippen LogP contribution in [0.15, 0.2) is 72.8 Å². The van der Waals surface area contributed by atoms with Gasteiger partial charge in [-0.1, -0.05) is 73.5 Å². The van der Waals surface area contributed by atoms with Gasteiger partial charge in [0.25, 0.3) is 0 Å². The molecular formula is C40H55BrN2O6. The Morgan fingerprint density at radius 3 is 2.33 bits per heavy atom. The topological polar surface area (TPSA) is 111 Å². The molecular weight excluding hydrogens is 684 g/mol. The second-order valence-corrected chi connectivity index (χ2v) is 14.6. The maximum Gasteiger partial charge on any atom is 0.121 e. The molecule has 4 fully saturated rings. The van der Waals surface area contributed by atoms with Crippen LogP contribution in [-0.4, -0.2) is 77.0 Å². The van der Waals surface area contributed by atoms with Crippen molar-refractivity contribution >= 4 is 0 Å². The molecule has 0 spiro atoms. The summed E-state index contributed by atoms with van der Waals surface area (Å²) >= 11 is 0. The van der Waals surface area contributed by atoms with Gasteiger partial charge in [0, 0.05) is 36.9 Å². The normalized spacial score (nSPS) is 24.7. The Morgan fingerprint density at radius 1 is 0.939 bits per heavy atom. The van der Waals surface area contributed by atoms with E-state index in [4.69, 9.17) is 9.47 Å². The Labute approximate surface area is 302 Å². The summed E-state index contributed by atoms with van der Waals surface area (Å²) in [7, 11) is 0. The van der Waals surface area contributed by atoms with E-state index in [0.717, 1.165) is 47.1 Å². The van der Waals surface area contributed by atoms with Crippen molar-refractivity contribution in [2.75, 3.05) is 45.9 Å². The van der Waals surface area contributed by atoms with Crippen LogP contribution in [0.2, 0.25) is 0 Å². The number of piperidine rings is 3. The Hall–Kier alpha value is -2.34. The summed E-state index contributed by atoms with van der Waals surface area (Å²) < 4.78 is 14.0. The zero-order valence-corrected chi connectivity index (χ0v) is 30.4. The van der Waals surface area contributed by atoms with Crippen LogP contribution in [0.1, 0.15) is 85.4 Å². The quantitative estimate of drug-likeness (QED) is 0.114. The Kier molecular flexibility index (Phi) is 13.3. The van der Waals surface area contributed by atoms with E-state index in [1.165, 1.54) is 44.8 Å². The molecule has 5 N–H and O–H groups in total. The number of nitrogens with one attached hydrogen (secondary N) is 1. The summed E-state index contributed by atoms with van der Waals surface area (Å²) in [6.45, 7) is 8.17. The second-order valence-electron chi connectivity index (χ2n) is 14.6. The number of phenols is 1. The number of aliphatic hydroxyl groups is 3. The molecule has 0 amide bonds. The van der Waals surface area contributed by atoms with Gasteiger partial charge in [-0.2, -0.15) is 0 Å². The number of fused-ring (bicyclic) bond motifs is 3. The predicted octanol–water partition coefficient (Wildman–Crippen LogP) is 2.49. The van der Waals surface area contributed by atoms with Crippen LogP contribution in [-0.2, 0) is 28.3 Å². The molecule has 1 aliphatic carbocycles. The van der Waals surface area contributed by atoms with Gasteiger partial charge in [0.1, 0.15) is 30.5 Å². The van der Waals surface area contributed by atoms with E-state index in [9.17, 15) is 20.4 Å². The fourth-order valence-corrected chi connectivity index (χ4v) is 8.34. The molecule has 3 aromatic carbocycles. The minimum atomic E-state index is -0.915. The van der Waals surface area contributed by atoms with Crippen LogP contribution < -0.4 is 22.3 Å². The number of hydrogen-bond donors (Lipinski definition) is 5. The molecule has 7 rings (SSSR count). The van der Waals surface area contributed by atoms with Crippen molar-refractivity contribution in [1.82, 2.24) is 5.32 Å². The molecule has 3 saturated heterocycles. The molecule has 4 aliphatic rings. The minimum Gasteiger partial charge on any atom is -1.00 e. The zero-order chi connectivity index (χ0) is 33.6. The van der Waals surface area contributed by atoms with Crippen LogP contribution in [0.4, 0.5) is 0 Å². The molecule has 2 bridgehead atoms. The summed E-state index contributed by atoms with van der Waals surface area (Å²) in [6.07, 6.45) is 6.31. The van der Waals surface area contributed by atoms with E-state index in [1.807, 2.05) is 18.2 Å². The lowest BCUT2D eigenvalue weighted by molar-refractivity contribution is -0.946. The highest BCUT2D eigenvalue weighted by Gasteiger charge is 2.48. The van der Waals surface area contributed by atoms with E-state index < -0.39 is 11.7 Å². The smallest absolute Gasteiger partial charge is 0.121 e. The number of aromatic hydroxyl groups is 1. The van der Waals surface area contributed by atoms with Gasteiger partial charge in [-0.05, 0) is 60.1 Å². The van der Waals surface area contributed by atoms with Gasteiger partial charge in [-0.25, -0.2) is 0 Å². The summed E-state index contributed by atoms with van der Waals surface area (Å²) in [5.41, 5.74) is 3.40. The molecule has 3 heterocycles. The van der Waals surface area contributed by atoms with Gasteiger partial charge in [0.15, 0.2) is 0 Å². The maximum atomic E-state index is 12.0. The van der Waals surface area contributed by atoms with Crippen molar-refractivity contribution in [2.45, 2.75) is 82.5 Å². The zero-order valence-electron chi connectivity index (χ0n) is 28.9. The Balaban J connectivity index is 0.00000468. The van der Waals surface area contributed by atoms with Crippen molar-refractivity contribution < 1.29 is 51.4 Å². The predicted molar refractivity (Wildman–Crippen MR) is 186 cm³/mol. The first kappa shape index (κ1) is 37.9. The van der Waals surface area contributed by atoms with Gasteiger partial charge in [0.05, 0.1) is 45.6 Å². The lowest BCUT2D eigenvalue weighted by Gasteiger charge is -2.52. The largest absolute Gasteiger partial charge is 1.00 e. The first-order valence-electron chi connectivity index (χ1n) is 18.0. The molecule has 9 heteroatoms. The fourth-order valence-electron chi connectivity index (χ4n) is 8.34. The highest BCUT2D eigenvalue weighted by atomic mass is 79.9. The van der Waals surface area contributed by atoms with Crippen molar-refractivity contribution in [3.63, 3.8) is 0 Å². The van der Waals surface area contributed by atoms with Gasteiger partial charge in [-0.3, -0.25) is 0 Å². The molecule has 268 valence electrons. The van der Waals surface area contributed by atoms with Crippen molar-refractivity contribution in [3.05, 3.63) is 101 Å². The van der Waals surface area contributed by atoms with Crippen LogP contribution in [0.5, 0.6) is 5.75 Å². The first-order chi connectivity index (χ1) is 23.3. The van der Waals surface area contributed by atoms with Crippen molar-refractivity contribution in [2.24, 2.45) is 11.8 Å². The molecule has 49 heavy (non-hydrogen) atoms. The van der Waals surface area contributed by atoms with Gasteiger partial charge >= 0.3 is 0 Å². The van der Waals surface area contributed by atoms with Gasteiger partial charge < -0.3 is 56.7 Å². The molecule has 4 atom stereocenters. The van der Waals surface area contributed by atoms with E-state index in [0.29, 0.717) is 43.4 Å².